The van der Waals surface area contributed by atoms with E-state index in [0.29, 0.717) is 11.5 Å². The standard InChI is InChI=1S/C16H18N4O/c1-12-8-6-7-11-15(12)17-16(20-21)13(2)18-19-14-9-4-3-5-10-14/h3-11,19,21H,1-2H3,(H,17,20). The Bertz CT molecular complexity index is 650. The van der Waals surface area contributed by atoms with Gasteiger partial charge in [-0.15, -0.1) is 0 Å². The van der Waals surface area contributed by atoms with Gasteiger partial charge < -0.3 is 0 Å². The fourth-order valence-corrected chi connectivity index (χ4v) is 1.71. The molecule has 0 spiro atoms. The topological polar surface area (TPSA) is 69.0 Å². The van der Waals surface area contributed by atoms with Gasteiger partial charge in [-0.25, -0.2) is 4.99 Å². The van der Waals surface area contributed by atoms with Crippen molar-refractivity contribution in [2.75, 3.05) is 5.43 Å². The van der Waals surface area contributed by atoms with Crippen molar-refractivity contribution in [3.63, 3.8) is 0 Å². The van der Waals surface area contributed by atoms with Crippen molar-refractivity contribution in [2.45, 2.75) is 13.8 Å². The van der Waals surface area contributed by atoms with Crippen molar-refractivity contribution in [2.24, 2.45) is 10.1 Å². The Hall–Kier alpha value is -2.66. The fraction of sp³-hybridized carbons (Fsp3) is 0.125. The molecule has 0 heterocycles. The second-order valence-electron chi connectivity index (χ2n) is 4.53. The number of amidine groups is 1. The third-order valence-corrected chi connectivity index (χ3v) is 2.92. The lowest BCUT2D eigenvalue weighted by Crippen LogP contribution is -2.27. The summed E-state index contributed by atoms with van der Waals surface area (Å²) in [7, 11) is 0. The van der Waals surface area contributed by atoms with Crippen LogP contribution in [-0.2, 0) is 0 Å². The van der Waals surface area contributed by atoms with Gasteiger partial charge in [0.25, 0.3) is 0 Å². The van der Waals surface area contributed by atoms with Crippen LogP contribution in [0.25, 0.3) is 0 Å². The molecule has 2 aromatic carbocycles. The molecule has 0 aliphatic carbocycles. The summed E-state index contributed by atoms with van der Waals surface area (Å²) in [5.41, 5.74) is 8.22. The van der Waals surface area contributed by atoms with E-state index in [2.05, 4.69) is 21.0 Å². The second kappa shape index (κ2) is 7.21. The van der Waals surface area contributed by atoms with E-state index in [9.17, 15) is 5.21 Å². The van der Waals surface area contributed by atoms with Crippen LogP contribution in [0.15, 0.2) is 64.7 Å². The highest BCUT2D eigenvalue weighted by molar-refractivity contribution is 6.40. The first-order valence-electron chi connectivity index (χ1n) is 6.61. The van der Waals surface area contributed by atoms with Gasteiger partial charge >= 0.3 is 0 Å². The maximum atomic E-state index is 9.26. The minimum Gasteiger partial charge on any atom is -0.290 e. The van der Waals surface area contributed by atoms with Gasteiger partial charge in [-0.2, -0.15) is 5.10 Å². The third kappa shape index (κ3) is 4.15. The number of benzene rings is 2. The summed E-state index contributed by atoms with van der Waals surface area (Å²) < 4.78 is 0. The molecule has 0 aliphatic rings. The van der Waals surface area contributed by atoms with E-state index < -0.39 is 0 Å². The van der Waals surface area contributed by atoms with Crippen LogP contribution >= 0.6 is 0 Å². The molecular weight excluding hydrogens is 264 g/mol. The molecule has 5 nitrogen and oxygen atoms in total. The van der Waals surface area contributed by atoms with Crippen LogP contribution < -0.4 is 10.9 Å². The number of hydrazone groups is 1. The zero-order valence-electron chi connectivity index (χ0n) is 12.0. The number of hydrogen-bond donors (Lipinski definition) is 3. The molecule has 0 radical (unpaired) electrons. The summed E-state index contributed by atoms with van der Waals surface area (Å²) in [4.78, 5) is 4.37. The smallest absolute Gasteiger partial charge is 0.173 e. The van der Waals surface area contributed by atoms with Gasteiger partial charge in [0.2, 0.25) is 0 Å². The summed E-state index contributed by atoms with van der Waals surface area (Å²) in [6.45, 7) is 3.72. The lowest BCUT2D eigenvalue weighted by molar-refractivity contribution is 0.236. The third-order valence-electron chi connectivity index (χ3n) is 2.92. The average Bonchev–Trinajstić information content (AvgIpc) is 2.53. The zero-order valence-corrected chi connectivity index (χ0v) is 12.0. The number of aryl methyl sites for hydroxylation is 1. The lowest BCUT2D eigenvalue weighted by Gasteiger charge is -2.07. The Morgan fingerprint density at radius 1 is 1.00 bits per heavy atom. The normalized spacial score (nSPS) is 12.1. The summed E-state index contributed by atoms with van der Waals surface area (Å²) in [6, 6.07) is 17.3. The Labute approximate surface area is 124 Å². The Morgan fingerprint density at radius 3 is 2.33 bits per heavy atom. The van der Waals surface area contributed by atoms with Crippen molar-refractivity contribution >= 4 is 22.9 Å². The predicted molar refractivity (Wildman–Crippen MR) is 86.4 cm³/mol. The molecule has 0 unspecified atom stereocenters. The summed E-state index contributed by atoms with van der Waals surface area (Å²) >= 11 is 0. The number of aliphatic imine (C=N–C) groups is 1. The SMILES string of the molecule is CC(=NNc1ccccc1)C(=Nc1ccccc1C)NO. The first-order valence-corrected chi connectivity index (χ1v) is 6.61. The number of hydroxylamine groups is 1. The fourth-order valence-electron chi connectivity index (χ4n) is 1.71. The molecule has 0 aromatic heterocycles. The van der Waals surface area contributed by atoms with E-state index in [1.165, 1.54) is 0 Å². The van der Waals surface area contributed by atoms with Gasteiger partial charge in [-0.05, 0) is 37.6 Å². The molecular formula is C16H18N4O. The van der Waals surface area contributed by atoms with Crippen LogP contribution in [0.2, 0.25) is 0 Å². The highest BCUT2D eigenvalue weighted by atomic mass is 16.5. The van der Waals surface area contributed by atoms with Gasteiger partial charge in [0.15, 0.2) is 5.84 Å². The van der Waals surface area contributed by atoms with Gasteiger partial charge in [-0.1, -0.05) is 36.4 Å². The molecule has 0 aliphatic heterocycles. The highest BCUT2D eigenvalue weighted by Crippen LogP contribution is 2.17. The molecule has 2 aromatic rings. The largest absolute Gasteiger partial charge is 0.290 e. The van der Waals surface area contributed by atoms with Crippen molar-refractivity contribution in [3.05, 3.63) is 60.2 Å². The average molecular weight is 282 g/mol. The molecule has 0 saturated heterocycles. The summed E-state index contributed by atoms with van der Waals surface area (Å²) in [5, 5.41) is 13.5. The van der Waals surface area contributed by atoms with E-state index in [4.69, 9.17) is 0 Å². The number of rotatable bonds is 4. The molecule has 3 N–H and O–H groups in total. The molecule has 5 heteroatoms. The van der Waals surface area contributed by atoms with Crippen LogP contribution in [0.1, 0.15) is 12.5 Å². The number of hydrogen-bond acceptors (Lipinski definition) is 4. The quantitative estimate of drug-likeness (QED) is 0.457. The monoisotopic (exact) mass is 282 g/mol. The predicted octanol–water partition coefficient (Wildman–Crippen LogP) is 3.49. The Balaban J connectivity index is 2.19. The number of nitrogens with zero attached hydrogens (tertiary/aromatic N) is 2. The van der Waals surface area contributed by atoms with Crippen LogP contribution in [0.4, 0.5) is 11.4 Å². The van der Waals surface area contributed by atoms with Gasteiger partial charge in [-0.3, -0.25) is 16.1 Å². The number of para-hydroxylation sites is 2. The molecule has 0 bridgehead atoms. The Morgan fingerprint density at radius 2 is 1.67 bits per heavy atom. The van der Waals surface area contributed by atoms with E-state index in [0.717, 1.165) is 16.9 Å². The van der Waals surface area contributed by atoms with Crippen LogP contribution in [0.3, 0.4) is 0 Å². The number of anilines is 1. The van der Waals surface area contributed by atoms with Gasteiger partial charge in [0, 0.05) is 0 Å². The van der Waals surface area contributed by atoms with Crippen molar-refractivity contribution in [3.8, 4) is 0 Å². The van der Waals surface area contributed by atoms with Crippen LogP contribution in [0, 0.1) is 6.92 Å². The maximum Gasteiger partial charge on any atom is 0.173 e. The minimum absolute atomic E-state index is 0.299. The second-order valence-corrected chi connectivity index (χ2v) is 4.53. The summed E-state index contributed by atoms with van der Waals surface area (Å²) in [5.74, 6) is 0.299. The Kier molecular flexibility index (Phi) is 5.06. The molecule has 21 heavy (non-hydrogen) atoms. The molecule has 0 amide bonds. The van der Waals surface area contributed by atoms with E-state index in [1.54, 1.807) is 6.92 Å². The molecule has 0 fully saturated rings. The number of nitrogens with one attached hydrogen (secondary N) is 2. The van der Waals surface area contributed by atoms with Crippen molar-refractivity contribution in [1.29, 1.82) is 0 Å². The van der Waals surface area contributed by atoms with Crippen LogP contribution in [0.5, 0.6) is 0 Å². The van der Waals surface area contributed by atoms with Gasteiger partial charge in [0.1, 0.15) is 5.71 Å². The first kappa shape index (κ1) is 14.7. The maximum absolute atomic E-state index is 9.26. The minimum atomic E-state index is 0.299. The molecule has 0 atom stereocenters. The molecule has 2 rings (SSSR count). The van der Waals surface area contributed by atoms with Gasteiger partial charge in [0.05, 0.1) is 11.4 Å². The van der Waals surface area contributed by atoms with E-state index in [1.807, 2.05) is 61.5 Å². The van der Waals surface area contributed by atoms with Crippen LogP contribution in [-0.4, -0.2) is 16.8 Å². The molecule has 108 valence electrons. The van der Waals surface area contributed by atoms with E-state index in [-0.39, 0.29) is 0 Å². The zero-order chi connectivity index (χ0) is 15.1. The molecule has 0 saturated carbocycles. The van der Waals surface area contributed by atoms with E-state index >= 15 is 0 Å². The van der Waals surface area contributed by atoms with Crippen molar-refractivity contribution < 1.29 is 5.21 Å². The summed E-state index contributed by atoms with van der Waals surface area (Å²) in [6.07, 6.45) is 0. The lowest BCUT2D eigenvalue weighted by atomic mass is 10.2. The van der Waals surface area contributed by atoms with Crippen molar-refractivity contribution in [1.82, 2.24) is 5.48 Å². The highest BCUT2D eigenvalue weighted by Gasteiger charge is 2.04. The first-order chi connectivity index (χ1) is 10.2.